The van der Waals surface area contributed by atoms with Gasteiger partial charge in [0.2, 0.25) is 0 Å². The molecule has 0 radical (unpaired) electrons. The average Bonchev–Trinajstić information content (AvgIpc) is 2.58. The number of halogens is 1. The Morgan fingerprint density at radius 1 is 1.17 bits per heavy atom. The van der Waals surface area contributed by atoms with E-state index >= 15 is 0 Å². The van der Waals surface area contributed by atoms with Crippen LogP contribution in [0.25, 0.3) is 11.1 Å². The lowest BCUT2D eigenvalue weighted by molar-refractivity contribution is 0.335. The van der Waals surface area contributed by atoms with Crippen molar-refractivity contribution in [2.45, 2.75) is 53.4 Å². The number of ether oxygens (including phenoxy) is 1. The molecule has 4 heteroatoms. The fourth-order valence-corrected chi connectivity index (χ4v) is 3.11. The Hall–Kier alpha value is -1.61. The lowest BCUT2D eigenvalue weighted by atomic mass is 9.91. The van der Waals surface area contributed by atoms with Gasteiger partial charge in [0.25, 0.3) is 0 Å². The first-order valence-electron chi connectivity index (χ1n) is 8.47. The summed E-state index contributed by atoms with van der Waals surface area (Å²) in [6.45, 7) is 8.72. The highest BCUT2D eigenvalue weighted by Crippen LogP contribution is 2.39. The van der Waals surface area contributed by atoms with Crippen molar-refractivity contribution in [3.05, 3.63) is 40.4 Å². The molecule has 0 atom stereocenters. The van der Waals surface area contributed by atoms with Crippen LogP contribution in [0.3, 0.4) is 0 Å². The second kappa shape index (κ2) is 8.30. The quantitative estimate of drug-likeness (QED) is 0.705. The van der Waals surface area contributed by atoms with Crippen LogP contribution in [-0.4, -0.2) is 16.6 Å². The zero-order chi connectivity index (χ0) is 16.8. The van der Waals surface area contributed by atoms with Gasteiger partial charge in [-0.2, -0.15) is 0 Å². The number of hydrogen-bond acceptors (Lipinski definition) is 3. The molecule has 2 aromatic heterocycles. The molecular weight excluding hydrogens is 308 g/mol. The summed E-state index contributed by atoms with van der Waals surface area (Å²) >= 11 is 5.90. The fourth-order valence-electron chi connectivity index (χ4n) is 3.00. The van der Waals surface area contributed by atoms with Gasteiger partial charge in [0.1, 0.15) is 10.9 Å². The standard InChI is InChI=1S/C17H19ClN2O.C2H6/c1-3-21-17-13-6-4-5-7-14(13)20-11(2)16(17)12-8-9-15(18)19-10-12;1-2/h8-10H,3-7H2,1-2H3;1-2H3. The van der Waals surface area contributed by atoms with Gasteiger partial charge in [-0.3, -0.25) is 4.98 Å². The maximum absolute atomic E-state index is 6.00. The largest absolute Gasteiger partial charge is 0.493 e. The molecule has 2 heterocycles. The van der Waals surface area contributed by atoms with E-state index in [-0.39, 0.29) is 0 Å². The molecule has 0 saturated carbocycles. The molecule has 0 unspecified atom stereocenters. The number of nitrogens with zero attached hydrogens (tertiary/aromatic N) is 2. The molecule has 1 aliphatic rings. The van der Waals surface area contributed by atoms with Gasteiger partial charge in [0, 0.05) is 34.3 Å². The van der Waals surface area contributed by atoms with E-state index in [0.717, 1.165) is 35.4 Å². The van der Waals surface area contributed by atoms with Gasteiger partial charge in [-0.15, -0.1) is 0 Å². The smallest absolute Gasteiger partial charge is 0.133 e. The molecule has 124 valence electrons. The molecule has 3 nitrogen and oxygen atoms in total. The Labute approximate surface area is 144 Å². The number of aromatic nitrogens is 2. The van der Waals surface area contributed by atoms with Crippen LogP contribution in [0, 0.1) is 6.92 Å². The van der Waals surface area contributed by atoms with Crippen molar-refractivity contribution in [3.8, 4) is 16.9 Å². The third kappa shape index (κ3) is 3.84. The maximum atomic E-state index is 6.00. The Kier molecular flexibility index (Phi) is 6.40. The highest BCUT2D eigenvalue weighted by molar-refractivity contribution is 6.29. The third-order valence-electron chi connectivity index (χ3n) is 3.91. The number of fused-ring (bicyclic) bond motifs is 1. The first-order chi connectivity index (χ1) is 11.2. The summed E-state index contributed by atoms with van der Waals surface area (Å²) in [7, 11) is 0. The van der Waals surface area contributed by atoms with Crippen LogP contribution in [0.4, 0.5) is 0 Å². The number of aryl methyl sites for hydroxylation is 2. The molecule has 0 N–H and O–H groups in total. The molecule has 0 aromatic carbocycles. The molecule has 0 fully saturated rings. The van der Waals surface area contributed by atoms with Gasteiger partial charge < -0.3 is 4.74 Å². The molecule has 0 spiro atoms. The van der Waals surface area contributed by atoms with Gasteiger partial charge in [0.15, 0.2) is 0 Å². The van der Waals surface area contributed by atoms with Crippen molar-refractivity contribution in [1.29, 1.82) is 0 Å². The van der Waals surface area contributed by atoms with Crippen LogP contribution in [0.5, 0.6) is 5.75 Å². The van der Waals surface area contributed by atoms with Crippen LogP contribution >= 0.6 is 11.6 Å². The zero-order valence-corrected chi connectivity index (χ0v) is 15.2. The Bertz CT molecular complexity index is 653. The minimum absolute atomic E-state index is 0.500. The van der Waals surface area contributed by atoms with Gasteiger partial charge in [-0.05, 0) is 51.7 Å². The minimum Gasteiger partial charge on any atom is -0.493 e. The monoisotopic (exact) mass is 332 g/mol. The molecule has 0 aliphatic heterocycles. The van der Waals surface area contributed by atoms with Crippen molar-refractivity contribution < 1.29 is 4.74 Å². The van der Waals surface area contributed by atoms with Gasteiger partial charge in [-0.25, -0.2) is 4.98 Å². The van der Waals surface area contributed by atoms with Crippen molar-refractivity contribution in [3.63, 3.8) is 0 Å². The van der Waals surface area contributed by atoms with E-state index in [1.165, 1.54) is 24.1 Å². The Balaban J connectivity index is 0.000000924. The molecule has 1 aliphatic carbocycles. The maximum Gasteiger partial charge on any atom is 0.133 e. The number of hydrogen-bond donors (Lipinski definition) is 0. The van der Waals surface area contributed by atoms with Crippen LogP contribution < -0.4 is 4.74 Å². The predicted octanol–water partition coefficient (Wildman–Crippen LogP) is 5.41. The summed E-state index contributed by atoms with van der Waals surface area (Å²) < 4.78 is 6.00. The molecule has 2 aromatic rings. The van der Waals surface area contributed by atoms with Crippen molar-refractivity contribution in [2.24, 2.45) is 0 Å². The Morgan fingerprint density at radius 3 is 2.57 bits per heavy atom. The van der Waals surface area contributed by atoms with E-state index in [1.807, 2.05) is 39.8 Å². The van der Waals surface area contributed by atoms with Crippen LogP contribution in [-0.2, 0) is 12.8 Å². The highest BCUT2D eigenvalue weighted by atomic mass is 35.5. The van der Waals surface area contributed by atoms with Crippen LogP contribution in [0.2, 0.25) is 5.15 Å². The first kappa shape index (κ1) is 17.7. The van der Waals surface area contributed by atoms with Gasteiger partial charge in [0.05, 0.1) is 6.61 Å². The molecular formula is C19H25ClN2O. The zero-order valence-electron chi connectivity index (χ0n) is 14.4. The molecule has 3 rings (SSSR count). The van der Waals surface area contributed by atoms with E-state index in [9.17, 15) is 0 Å². The minimum atomic E-state index is 0.500. The van der Waals surface area contributed by atoms with E-state index in [4.69, 9.17) is 21.3 Å². The topological polar surface area (TPSA) is 35.0 Å². The van der Waals surface area contributed by atoms with E-state index in [0.29, 0.717) is 11.8 Å². The van der Waals surface area contributed by atoms with Gasteiger partial charge in [-0.1, -0.05) is 25.4 Å². The van der Waals surface area contributed by atoms with Gasteiger partial charge >= 0.3 is 0 Å². The predicted molar refractivity (Wildman–Crippen MR) is 96.4 cm³/mol. The summed E-state index contributed by atoms with van der Waals surface area (Å²) in [6.07, 6.45) is 6.31. The summed E-state index contributed by atoms with van der Waals surface area (Å²) in [5.41, 5.74) is 5.55. The normalized spacial score (nSPS) is 12.9. The summed E-state index contributed by atoms with van der Waals surface area (Å²) in [5.74, 6) is 0.990. The second-order valence-electron chi connectivity index (χ2n) is 5.34. The van der Waals surface area contributed by atoms with E-state index in [2.05, 4.69) is 4.98 Å². The SMILES string of the molecule is CC.CCOc1c2c(nc(C)c1-c1ccc(Cl)nc1)CCCC2. The first-order valence-corrected chi connectivity index (χ1v) is 8.85. The molecule has 23 heavy (non-hydrogen) atoms. The third-order valence-corrected chi connectivity index (χ3v) is 4.13. The van der Waals surface area contributed by atoms with E-state index in [1.54, 1.807) is 6.20 Å². The molecule has 0 saturated heterocycles. The van der Waals surface area contributed by atoms with Crippen LogP contribution in [0.1, 0.15) is 50.6 Å². The Morgan fingerprint density at radius 2 is 1.91 bits per heavy atom. The number of pyridine rings is 2. The van der Waals surface area contributed by atoms with Crippen molar-refractivity contribution in [2.75, 3.05) is 6.61 Å². The van der Waals surface area contributed by atoms with Crippen LogP contribution in [0.15, 0.2) is 18.3 Å². The summed E-state index contributed by atoms with van der Waals surface area (Å²) in [4.78, 5) is 9.01. The van der Waals surface area contributed by atoms with Crippen molar-refractivity contribution >= 4 is 11.6 Å². The molecule has 0 amide bonds. The van der Waals surface area contributed by atoms with Crippen molar-refractivity contribution in [1.82, 2.24) is 9.97 Å². The molecule has 0 bridgehead atoms. The summed E-state index contributed by atoms with van der Waals surface area (Å²) in [6, 6.07) is 3.79. The fraction of sp³-hybridized carbons (Fsp3) is 0.474. The second-order valence-corrected chi connectivity index (χ2v) is 5.72. The lowest BCUT2D eigenvalue weighted by Gasteiger charge is -2.23. The average molecular weight is 333 g/mol. The number of rotatable bonds is 3. The summed E-state index contributed by atoms with van der Waals surface area (Å²) in [5, 5.41) is 0.500. The van der Waals surface area contributed by atoms with E-state index < -0.39 is 0 Å². The lowest BCUT2D eigenvalue weighted by Crippen LogP contribution is -2.11. The highest BCUT2D eigenvalue weighted by Gasteiger charge is 2.22.